The molecule has 2 aromatic heterocycles. The van der Waals surface area contributed by atoms with Gasteiger partial charge in [0.15, 0.2) is 0 Å². The van der Waals surface area contributed by atoms with E-state index in [2.05, 4.69) is 46.6 Å². The molecular weight excluding hydrogens is 290 g/mol. The number of thiazole rings is 1. The van der Waals surface area contributed by atoms with Gasteiger partial charge in [0.05, 0.1) is 23.0 Å². The smallest absolute Gasteiger partial charge is 0.128 e. The molecule has 0 bridgehead atoms. The van der Waals surface area contributed by atoms with Gasteiger partial charge < -0.3 is 4.57 Å². The lowest BCUT2D eigenvalue weighted by molar-refractivity contribution is 0.738. The number of aromatic nitrogens is 3. The van der Waals surface area contributed by atoms with E-state index >= 15 is 0 Å². The highest BCUT2D eigenvalue weighted by Gasteiger charge is 2.16. The van der Waals surface area contributed by atoms with E-state index in [1.807, 2.05) is 13.1 Å². The summed E-state index contributed by atoms with van der Waals surface area (Å²) in [6.07, 6.45) is 1.91. The third-order valence-corrected chi connectivity index (χ3v) is 4.34. The number of benzene rings is 1. The Labute approximate surface area is 127 Å². The average Bonchev–Trinajstić information content (AvgIpc) is 2.95. The van der Waals surface area contributed by atoms with E-state index in [0.29, 0.717) is 0 Å². The van der Waals surface area contributed by atoms with E-state index in [4.69, 9.17) is 11.6 Å². The van der Waals surface area contributed by atoms with E-state index in [9.17, 15) is 0 Å². The van der Waals surface area contributed by atoms with Gasteiger partial charge in [-0.3, -0.25) is 0 Å². The number of nitrogens with zero attached hydrogens (tertiary/aromatic N) is 3. The fraction of sp³-hybridized carbons (Fsp3) is 0.333. The second-order valence-corrected chi connectivity index (χ2v) is 7.00. The molecular formula is C15H16ClN3S. The van der Waals surface area contributed by atoms with Crippen molar-refractivity contribution in [2.75, 3.05) is 0 Å². The van der Waals surface area contributed by atoms with E-state index < -0.39 is 0 Å². The Hall–Kier alpha value is -1.39. The second kappa shape index (κ2) is 5.19. The van der Waals surface area contributed by atoms with Crippen molar-refractivity contribution in [1.29, 1.82) is 0 Å². The van der Waals surface area contributed by atoms with Gasteiger partial charge in [0.2, 0.25) is 0 Å². The Kier molecular flexibility index (Phi) is 3.52. The quantitative estimate of drug-likeness (QED) is 0.669. The molecule has 0 saturated carbocycles. The molecule has 1 aromatic carbocycles. The van der Waals surface area contributed by atoms with Crippen molar-refractivity contribution in [3.05, 3.63) is 45.7 Å². The molecule has 0 aliphatic heterocycles. The molecule has 1 atom stereocenters. The molecule has 1 unspecified atom stereocenters. The highest BCUT2D eigenvalue weighted by Crippen LogP contribution is 2.27. The van der Waals surface area contributed by atoms with Crippen LogP contribution in [0.2, 0.25) is 0 Å². The molecule has 3 nitrogen and oxygen atoms in total. The lowest BCUT2D eigenvalue weighted by Gasteiger charge is -2.09. The van der Waals surface area contributed by atoms with Gasteiger partial charge >= 0.3 is 0 Å². The van der Waals surface area contributed by atoms with E-state index in [1.165, 1.54) is 10.4 Å². The van der Waals surface area contributed by atoms with Gasteiger partial charge in [-0.1, -0.05) is 6.07 Å². The fourth-order valence-electron chi connectivity index (χ4n) is 2.33. The molecule has 20 heavy (non-hydrogen) atoms. The summed E-state index contributed by atoms with van der Waals surface area (Å²) in [4.78, 5) is 10.3. The first kappa shape index (κ1) is 13.6. The van der Waals surface area contributed by atoms with Crippen LogP contribution >= 0.6 is 22.9 Å². The summed E-state index contributed by atoms with van der Waals surface area (Å²) < 4.78 is 2.18. The zero-order chi connectivity index (χ0) is 14.3. The lowest BCUT2D eigenvalue weighted by Crippen LogP contribution is -2.05. The average molecular weight is 306 g/mol. The van der Waals surface area contributed by atoms with Crippen LogP contribution in [0.15, 0.2) is 24.4 Å². The van der Waals surface area contributed by atoms with Gasteiger partial charge in [0, 0.05) is 11.1 Å². The number of fused-ring (bicyclic) bond motifs is 1. The predicted octanol–water partition coefficient (Wildman–Crippen LogP) is 4.46. The summed E-state index contributed by atoms with van der Waals surface area (Å²) in [5.41, 5.74) is 3.34. The number of imidazole rings is 1. The molecule has 0 aliphatic rings. The van der Waals surface area contributed by atoms with Crippen LogP contribution in [-0.4, -0.2) is 14.5 Å². The fourth-order valence-corrected chi connectivity index (χ4v) is 3.27. The number of hydrogen-bond donors (Lipinski definition) is 0. The summed E-state index contributed by atoms with van der Waals surface area (Å²) in [6, 6.07) is 6.29. The third kappa shape index (κ3) is 2.45. The van der Waals surface area contributed by atoms with Gasteiger partial charge in [-0.2, -0.15) is 0 Å². The van der Waals surface area contributed by atoms with Crippen LogP contribution < -0.4 is 0 Å². The largest absolute Gasteiger partial charge is 0.320 e. The SMILES string of the molecule is Cc1ccc2nc(C(C)Cl)n(Cc3ncc(C)s3)c2c1. The lowest BCUT2D eigenvalue weighted by atomic mass is 10.2. The zero-order valence-electron chi connectivity index (χ0n) is 11.7. The van der Waals surface area contributed by atoms with Gasteiger partial charge in [-0.15, -0.1) is 22.9 Å². The molecule has 0 N–H and O–H groups in total. The maximum absolute atomic E-state index is 6.29. The second-order valence-electron chi connectivity index (χ2n) is 5.03. The van der Waals surface area contributed by atoms with Crippen molar-refractivity contribution >= 4 is 34.0 Å². The Bertz CT molecular complexity index is 758. The Morgan fingerprint density at radius 3 is 2.80 bits per heavy atom. The maximum Gasteiger partial charge on any atom is 0.128 e. The molecule has 0 aliphatic carbocycles. The molecule has 0 radical (unpaired) electrons. The minimum Gasteiger partial charge on any atom is -0.320 e. The number of rotatable bonds is 3. The van der Waals surface area contributed by atoms with Gasteiger partial charge in [-0.25, -0.2) is 9.97 Å². The topological polar surface area (TPSA) is 30.7 Å². The number of aryl methyl sites for hydroxylation is 2. The standard InChI is InChI=1S/C15H16ClN3S/c1-9-4-5-12-13(6-9)19(15(18-12)11(3)16)8-14-17-7-10(2)20-14/h4-7,11H,8H2,1-3H3. The first-order valence-corrected chi connectivity index (χ1v) is 7.82. The third-order valence-electron chi connectivity index (χ3n) is 3.25. The van der Waals surface area contributed by atoms with Gasteiger partial charge in [0.1, 0.15) is 10.8 Å². The summed E-state index contributed by atoms with van der Waals surface area (Å²) in [5, 5.41) is 0.964. The van der Waals surface area contributed by atoms with E-state index in [0.717, 1.165) is 28.4 Å². The monoisotopic (exact) mass is 305 g/mol. The summed E-state index contributed by atoms with van der Waals surface area (Å²) in [6.45, 7) is 6.85. The van der Waals surface area contributed by atoms with Gasteiger partial charge in [0.25, 0.3) is 0 Å². The Balaban J connectivity index is 2.15. The van der Waals surface area contributed by atoms with Crippen LogP contribution in [0.3, 0.4) is 0 Å². The molecule has 3 aromatic rings. The van der Waals surface area contributed by atoms with Crippen LogP contribution in [0, 0.1) is 13.8 Å². The Morgan fingerprint density at radius 2 is 2.15 bits per heavy atom. The van der Waals surface area contributed by atoms with Crippen LogP contribution in [0.1, 0.15) is 33.6 Å². The van der Waals surface area contributed by atoms with Crippen molar-refractivity contribution in [2.24, 2.45) is 0 Å². The first-order valence-electron chi connectivity index (χ1n) is 6.57. The normalized spacial score (nSPS) is 13.0. The van der Waals surface area contributed by atoms with Crippen molar-refractivity contribution in [3.8, 4) is 0 Å². The van der Waals surface area contributed by atoms with Crippen molar-refractivity contribution < 1.29 is 0 Å². The summed E-state index contributed by atoms with van der Waals surface area (Å²) in [7, 11) is 0. The zero-order valence-corrected chi connectivity index (χ0v) is 13.3. The molecule has 0 saturated heterocycles. The molecule has 5 heteroatoms. The minimum atomic E-state index is -0.122. The molecule has 0 amide bonds. The number of hydrogen-bond acceptors (Lipinski definition) is 3. The number of halogens is 1. The first-order chi connectivity index (χ1) is 9.54. The molecule has 2 heterocycles. The van der Waals surface area contributed by atoms with Crippen molar-refractivity contribution in [1.82, 2.24) is 14.5 Å². The molecule has 0 spiro atoms. The molecule has 104 valence electrons. The van der Waals surface area contributed by atoms with Crippen molar-refractivity contribution in [3.63, 3.8) is 0 Å². The predicted molar refractivity (Wildman–Crippen MR) is 84.7 cm³/mol. The van der Waals surface area contributed by atoms with Crippen LogP contribution in [0.5, 0.6) is 0 Å². The van der Waals surface area contributed by atoms with Crippen LogP contribution in [0.4, 0.5) is 0 Å². The van der Waals surface area contributed by atoms with E-state index in [-0.39, 0.29) is 5.38 Å². The minimum absolute atomic E-state index is 0.122. The van der Waals surface area contributed by atoms with Crippen LogP contribution in [0.25, 0.3) is 11.0 Å². The summed E-state index contributed by atoms with van der Waals surface area (Å²) >= 11 is 8.01. The highest BCUT2D eigenvalue weighted by molar-refractivity contribution is 7.11. The number of alkyl halides is 1. The Morgan fingerprint density at radius 1 is 1.35 bits per heavy atom. The van der Waals surface area contributed by atoms with E-state index in [1.54, 1.807) is 11.3 Å². The maximum atomic E-state index is 6.29. The molecule has 0 fully saturated rings. The molecule has 3 rings (SSSR count). The van der Waals surface area contributed by atoms with Crippen molar-refractivity contribution in [2.45, 2.75) is 32.7 Å². The summed E-state index contributed by atoms with van der Waals surface area (Å²) in [5.74, 6) is 0.903. The van der Waals surface area contributed by atoms with Crippen LogP contribution in [-0.2, 0) is 6.54 Å². The van der Waals surface area contributed by atoms with Gasteiger partial charge in [-0.05, 0) is 38.5 Å². The highest BCUT2D eigenvalue weighted by atomic mass is 35.5.